The van der Waals surface area contributed by atoms with Gasteiger partial charge >= 0.3 is 0 Å². The minimum Gasteiger partial charge on any atom is -0.370 e. The van der Waals surface area contributed by atoms with Crippen LogP contribution in [0.15, 0.2) is 53.4 Å². The van der Waals surface area contributed by atoms with E-state index in [0.29, 0.717) is 17.0 Å². The normalized spacial score (nSPS) is 14.5. The third-order valence-electron chi connectivity index (χ3n) is 3.93. The zero-order chi connectivity index (χ0) is 16.2. The molecule has 120 valence electrons. The van der Waals surface area contributed by atoms with Crippen LogP contribution in [-0.2, 0) is 17.4 Å². The van der Waals surface area contributed by atoms with Gasteiger partial charge in [0.05, 0.1) is 4.90 Å². The van der Waals surface area contributed by atoms with E-state index in [1.807, 2.05) is 6.07 Å². The fraction of sp³-hybridized carbons (Fsp3) is 0.235. The number of rotatable bonds is 6. The van der Waals surface area contributed by atoms with Crippen molar-refractivity contribution >= 4 is 22.6 Å². The van der Waals surface area contributed by atoms with Crippen molar-refractivity contribution in [1.29, 1.82) is 0 Å². The van der Waals surface area contributed by atoms with Crippen LogP contribution in [0.25, 0.3) is 0 Å². The third kappa shape index (κ3) is 3.60. The van der Waals surface area contributed by atoms with E-state index in [9.17, 15) is 9.00 Å². The number of amides is 1. The lowest BCUT2D eigenvalue weighted by Gasteiger charge is -2.19. The van der Waals surface area contributed by atoms with Crippen molar-refractivity contribution < 1.29 is 9.00 Å². The summed E-state index contributed by atoms with van der Waals surface area (Å²) >= 11 is 0. The Morgan fingerprint density at radius 1 is 1.22 bits per heavy atom. The molecular formula is C17H19N3O2S. The van der Waals surface area contributed by atoms with Crippen molar-refractivity contribution in [1.82, 2.24) is 4.72 Å². The molecule has 2 aromatic rings. The van der Waals surface area contributed by atoms with Crippen molar-refractivity contribution in [2.45, 2.75) is 11.3 Å². The number of carbonyl (C=O) groups is 1. The Balaban J connectivity index is 1.56. The van der Waals surface area contributed by atoms with Crippen molar-refractivity contribution in [3.63, 3.8) is 0 Å². The van der Waals surface area contributed by atoms with Gasteiger partial charge in [0, 0.05) is 30.9 Å². The Hall–Kier alpha value is -2.18. The van der Waals surface area contributed by atoms with E-state index >= 15 is 0 Å². The van der Waals surface area contributed by atoms with Crippen LogP contribution in [0.3, 0.4) is 0 Å². The Morgan fingerprint density at radius 3 is 2.87 bits per heavy atom. The van der Waals surface area contributed by atoms with Crippen LogP contribution in [-0.4, -0.2) is 29.8 Å². The van der Waals surface area contributed by atoms with Crippen molar-refractivity contribution in [2.75, 3.05) is 24.5 Å². The van der Waals surface area contributed by atoms with Gasteiger partial charge in [0.1, 0.15) is 11.0 Å². The molecule has 0 spiro atoms. The molecular weight excluding hydrogens is 310 g/mol. The highest BCUT2D eigenvalue weighted by molar-refractivity contribution is 7.83. The summed E-state index contributed by atoms with van der Waals surface area (Å²) in [7, 11) is -1.35. The number of para-hydroxylation sites is 1. The lowest BCUT2D eigenvalue weighted by atomic mass is 10.2. The number of nitrogens with one attached hydrogen (secondary N) is 1. The Bertz CT molecular complexity index is 748. The maximum atomic E-state index is 12.3. The molecule has 6 heteroatoms. The van der Waals surface area contributed by atoms with E-state index in [4.69, 9.17) is 5.73 Å². The number of hydrogen-bond donors (Lipinski definition) is 2. The second-order valence-corrected chi connectivity index (χ2v) is 6.72. The van der Waals surface area contributed by atoms with E-state index in [0.717, 1.165) is 19.5 Å². The average molecular weight is 329 g/mol. The van der Waals surface area contributed by atoms with E-state index in [1.54, 1.807) is 24.3 Å². The summed E-state index contributed by atoms with van der Waals surface area (Å²) in [4.78, 5) is 14.0. The number of nitrogens with two attached hydrogens (primary N) is 1. The second kappa shape index (κ2) is 6.93. The molecule has 0 radical (unpaired) electrons. The highest BCUT2D eigenvalue weighted by Crippen LogP contribution is 2.26. The second-order valence-electron chi connectivity index (χ2n) is 5.42. The summed E-state index contributed by atoms with van der Waals surface area (Å²) in [5.41, 5.74) is 8.24. The molecule has 2 aromatic carbocycles. The lowest BCUT2D eigenvalue weighted by molar-refractivity contribution is 0.1000. The first-order valence-electron chi connectivity index (χ1n) is 7.53. The Labute approximate surface area is 138 Å². The molecule has 0 aliphatic carbocycles. The van der Waals surface area contributed by atoms with Crippen molar-refractivity contribution in [3.8, 4) is 0 Å². The standard InChI is InChI=1S/C17H19N3O2S/c18-17(21)14-5-3-6-15(12-14)23(22)19-9-11-20-10-8-13-4-1-2-7-16(13)20/h1-7,12,19H,8-11H2,(H2,18,21). The smallest absolute Gasteiger partial charge is 0.248 e. The zero-order valence-electron chi connectivity index (χ0n) is 12.7. The minimum atomic E-state index is -1.35. The van der Waals surface area contributed by atoms with Gasteiger partial charge in [-0.2, -0.15) is 0 Å². The molecule has 1 heterocycles. The lowest BCUT2D eigenvalue weighted by Crippen LogP contribution is -2.31. The van der Waals surface area contributed by atoms with Gasteiger partial charge in [-0.3, -0.25) is 4.79 Å². The summed E-state index contributed by atoms with van der Waals surface area (Å²) in [5.74, 6) is -0.516. The van der Waals surface area contributed by atoms with E-state index in [2.05, 4.69) is 27.8 Å². The third-order valence-corrected chi connectivity index (χ3v) is 5.08. The maximum Gasteiger partial charge on any atom is 0.248 e. The predicted octanol–water partition coefficient (Wildman–Crippen LogP) is 1.46. The summed E-state index contributed by atoms with van der Waals surface area (Å²) in [6.07, 6.45) is 1.06. The van der Waals surface area contributed by atoms with Crippen LogP contribution >= 0.6 is 0 Å². The van der Waals surface area contributed by atoms with Gasteiger partial charge in [-0.1, -0.05) is 24.3 Å². The molecule has 0 aromatic heterocycles. The van der Waals surface area contributed by atoms with Crippen molar-refractivity contribution in [2.24, 2.45) is 5.73 Å². The molecule has 0 saturated carbocycles. The molecule has 0 fully saturated rings. The predicted molar refractivity (Wildman–Crippen MR) is 91.7 cm³/mol. The maximum absolute atomic E-state index is 12.3. The Kier molecular flexibility index (Phi) is 4.73. The summed E-state index contributed by atoms with van der Waals surface area (Å²) in [6.45, 7) is 2.38. The van der Waals surface area contributed by atoms with Gasteiger partial charge in [-0.15, -0.1) is 0 Å². The molecule has 1 atom stereocenters. The van der Waals surface area contributed by atoms with Crippen LogP contribution in [0.1, 0.15) is 15.9 Å². The molecule has 3 N–H and O–H groups in total. The molecule has 0 saturated heterocycles. The number of benzene rings is 2. The van der Waals surface area contributed by atoms with Crippen LogP contribution < -0.4 is 15.4 Å². The first-order chi connectivity index (χ1) is 11.1. The van der Waals surface area contributed by atoms with Crippen LogP contribution in [0.2, 0.25) is 0 Å². The quantitative estimate of drug-likeness (QED) is 0.842. The van der Waals surface area contributed by atoms with Gasteiger partial charge < -0.3 is 10.6 Å². The molecule has 1 aliphatic heterocycles. The number of anilines is 1. The molecule has 1 amide bonds. The van der Waals surface area contributed by atoms with Crippen LogP contribution in [0, 0.1) is 0 Å². The molecule has 1 unspecified atom stereocenters. The number of primary amides is 1. The molecule has 3 rings (SSSR count). The van der Waals surface area contributed by atoms with Gasteiger partial charge in [-0.05, 0) is 36.2 Å². The fourth-order valence-corrected chi connectivity index (χ4v) is 3.64. The summed E-state index contributed by atoms with van der Waals surface area (Å²) < 4.78 is 15.3. The van der Waals surface area contributed by atoms with E-state index in [-0.39, 0.29) is 0 Å². The highest BCUT2D eigenvalue weighted by Gasteiger charge is 2.17. The number of nitrogens with zero attached hydrogens (tertiary/aromatic N) is 1. The first-order valence-corrected chi connectivity index (χ1v) is 8.68. The van der Waals surface area contributed by atoms with Gasteiger partial charge in [-0.25, -0.2) is 8.93 Å². The summed E-state index contributed by atoms with van der Waals surface area (Å²) in [5, 5.41) is 0. The summed E-state index contributed by atoms with van der Waals surface area (Å²) in [6, 6.07) is 15.0. The molecule has 0 bridgehead atoms. The van der Waals surface area contributed by atoms with Crippen molar-refractivity contribution in [3.05, 3.63) is 59.7 Å². The average Bonchev–Trinajstić information content (AvgIpc) is 2.98. The van der Waals surface area contributed by atoms with Crippen LogP contribution in [0.4, 0.5) is 5.69 Å². The van der Waals surface area contributed by atoms with Crippen LogP contribution in [0.5, 0.6) is 0 Å². The topological polar surface area (TPSA) is 75.4 Å². The SMILES string of the molecule is NC(=O)c1cccc(S(=O)NCCN2CCc3ccccc32)c1. The van der Waals surface area contributed by atoms with E-state index < -0.39 is 16.9 Å². The molecule has 5 nitrogen and oxygen atoms in total. The largest absolute Gasteiger partial charge is 0.370 e. The van der Waals surface area contributed by atoms with Gasteiger partial charge in [0.15, 0.2) is 0 Å². The minimum absolute atomic E-state index is 0.367. The van der Waals surface area contributed by atoms with Gasteiger partial charge in [0.2, 0.25) is 5.91 Å². The number of carbonyl (C=O) groups excluding carboxylic acids is 1. The first kappa shape index (κ1) is 15.7. The molecule has 1 aliphatic rings. The van der Waals surface area contributed by atoms with Gasteiger partial charge in [0.25, 0.3) is 0 Å². The number of fused-ring (bicyclic) bond motifs is 1. The van der Waals surface area contributed by atoms with E-state index in [1.165, 1.54) is 11.3 Å². The highest BCUT2D eigenvalue weighted by atomic mass is 32.2. The molecule has 23 heavy (non-hydrogen) atoms. The zero-order valence-corrected chi connectivity index (χ0v) is 13.5. The Morgan fingerprint density at radius 2 is 2.04 bits per heavy atom. The fourth-order valence-electron chi connectivity index (χ4n) is 2.76. The monoisotopic (exact) mass is 329 g/mol. The number of hydrogen-bond acceptors (Lipinski definition) is 3.